The van der Waals surface area contributed by atoms with Gasteiger partial charge in [0.1, 0.15) is 0 Å². The zero-order chi connectivity index (χ0) is 15.1. The molecule has 8 rings (SSSR count). The molecule has 8 aliphatic heterocycles. The van der Waals surface area contributed by atoms with Crippen LogP contribution < -0.4 is 0 Å². The molecule has 6 nitrogen and oxygen atoms in total. The van der Waals surface area contributed by atoms with Gasteiger partial charge in [-0.2, -0.15) is 0 Å². The van der Waals surface area contributed by atoms with Crippen LogP contribution in [0.2, 0.25) is 0 Å². The van der Waals surface area contributed by atoms with Crippen LogP contribution in [0.1, 0.15) is 0 Å². The predicted molar refractivity (Wildman–Crippen MR) is 84.4 cm³/mol. The van der Waals surface area contributed by atoms with Crippen LogP contribution in [0.4, 0.5) is 3.02 Å². The summed E-state index contributed by atoms with van der Waals surface area (Å²) in [6.07, 6.45) is 8.51. The second-order valence-electron chi connectivity index (χ2n) is 7.06. The zero-order valence-electron chi connectivity index (χ0n) is 12.7. The van der Waals surface area contributed by atoms with Gasteiger partial charge in [-0.1, -0.05) is 15.8 Å². The number of hydrogen-bond donors (Lipinski definition) is 0. The van der Waals surface area contributed by atoms with Crippen molar-refractivity contribution < 1.29 is 24.6 Å². The van der Waals surface area contributed by atoms with Gasteiger partial charge in [-0.05, 0) is 0 Å². The summed E-state index contributed by atoms with van der Waals surface area (Å²) in [5.74, 6) is 0. The Morgan fingerprint density at radius 2 is 0.636 bits per heavy atom. The molecule has 0 atom stereocenters. The molecule has 0 radical (unpaired) electrons. The molecule has 10 heteroatoms. The van der Waals surface area contributed by atoms with E-state index in [0.717, 1.165) is 0 Å². The Morgan fingerprint density at radius 3 is 0.773 bits per heavy atom. The minimum atomic E-state index is 0.366. The van der Waals surface area contributed by atoms with Crippen molar-refractivity contribution in [1.29, 1.82) is 0 Å². The van der Waals surface area contributed by atoms with Crippen molar-refractivity contribution in [2.75, 3.05) is 77.7 Å². The Bertz CT molecular complexity index is 257. The van der Waals surface area contributed by atoms with Crippen LogP contribution in [0.15, 0.2) is 0 Å². The monoisotopic (exact) mass is 440 g/mol. The molecule has 0 saturated carbocycles. The van der Waals surface area contributed by atoms with Crippen LogP contribution in [0.3, 0.4) is 0 Å². The third-order valence-electron chi connectivity index (χ3n) is 4.80. The third-order valence-corrected chi connectivity index (χ3v) is 9.60. The molecular formula is C12H24AgFN6P2. The quantitative estimate of drug-likeness (QED) is 0.406. The molecule has 0 aromatic rings. The second-order valence-corrected chi connectivity index (χ2v) is 11.4. The molecule has 8 aliphatic rings. The van der Waals surface area contributed by atoms with Crippen molar-refractivity contribution in [3.63, 3.8) is 0 Å². The van der Waals surface area contributed by atoms with Crippen molar-refractivity contribution in [2.45, 2.75) is 0 Å². The summed E-state index contributed by atoms with van der Waals surface area (Å²) in [6.45, 7) is 7.47. The van der Waals surface area contributed by atoms with Crippen molar-refractivity contribution in [3.8, 4) is 0 Å². The molecule has 0 N–H and O–H groups in total. The van der Waals surface area contributed by atoms with Crippen LogP contribution in [-0.2, 0) is 21.6 Å². The Balaban J connectivity index is 0.000000102. The van der Waals surface area contributed by atoms with Gasteiger partial charge in [-0.3, -0.25) is 29.4 Å². The third kappa shape index (κ3) is 3.61. The fraction of sp³-hybridized carbons (Fsp3) is 1.00. The van der Waals surface area contributed by atoms with Crippen LogP contribution >= 0.6 is 15.8 Å². The average Bonchev–Trinajstić information content (AvgIpc) is 2.47. The summed E-state index contributed by atoms with van der Waals surface area (Å²) in [6, 6.07) is 0. The molecule has 22 heavy (non-hydrogen) atoms. The number of nitrogens with zero attached hydrogens (tertiary/aromatic N) is 6. The fourth-order valence-electron chi connectivity index (χ4n) is 4.47. The molecule has 0 aliphatic carbocycles. The van der Waals surface area contributed by atoms with Crippen LogP contribution in [-0.4, -0.2) is 107 Å². The van der Waals surface area contributed by atoms with E-state index in [-0.39, 0.29) is 0 Å². The van der Waals surface area contributed by atoms with Gasteiger partial charge in [-0.15, -0.1) is 0 Å². The predicted octanol–water partition coefficient (Wildman–Crippen LogP) is 0.738. The second kappa shape index (κ2) is 7.27. The van der Waals surface area contributed by atoms with E-state index in [0.29, 0.717) is 15.8 Å². The topological polar surface area (TPSA) is 19.4 Å². The molecule has 8 bridgehead atoms. The van der Waals surface area contributed by atoms with E-state index in [4.69, 9.17) is 0 Å². The van der Waals surface area contributed by atoms with E-state index in [1.165, 1.54) is 99.3 Å². The van der Waals surface area contributed by atoms with Crippen molar-refractivity contribution in [2.24, 2.45) is 0 Å². The van der Waals surface area contributed by atoms with Gasteiger partial charge in [-0.25, -0.2) is 0 Å². The first-order chi connectivity index (χ1) is 10.8. The number of halogens is 1. The van der Waals surface area contributed by atoms with Gasteiger partial charge < -0.3 is 0 Å². The number of hydrogen-bond acceptors (Lipinski definition) is 6. The average molecular weight is 441 g/mol. The summed E-state index contributed by atoms with van der Waals surface area (Å²) in [5, 5.41) is 0. The van der Waals surface area contributed by atoms with E-state index in [2.05, 4.69) is 29.4 Å². The van der Waals surface area contributed by atoms with Crippen molar-refractivity contribution in [3.05, 3.63) is 0 Å². The van der Waals surface area contributed by atoms with Gasteiger partial charge in [0.05, 0.1) is 40.0 Å². The van der Waals surface area contributed by atoms with E-state index in [9.17, 15) is 3.02 Å². The fourth-order valence-corrected chi connectivity index (χ4v) is 9.47. The summed E-state index contributed by atoms with van der Waals surface area (Å²) >= 11 is 1.45. The SMILES string of the molecule is C1N2CN3CN1CP(C2)C3.C1N2CN3CN1CP(C2)C3.[F][Ag]. The van der Waals surface area contributed by atoms with Crippen molar-refractivity contribution in [1.82, 2.24) is 29.4 Å². The van der Waals surface area contributed by atoms with E-state index in [1.807, 2.05) is 0 Å². The first-order valence-electron chi connectivity index (χ1n) is 7.70. The summed E-state index contributed by atoms with van der Waals surface area (Å²) < 4.78 is 9.31. The molecule has 0 spiro atoms. The van der Waals surface area contributed by atoms with Crippen LogP contribution in [0, 0.1) is 0 Å². The van der Waals surface area contributed by atoms with Crippen molar-refractivity contribution >= 4 is 15.8 Å². The Morgan fingerprint density at radius 1 is 0.455 bits per heavy atom. The van der Waals surface area contributed by atoms with Gasteiger partial charge in [0.25, 0.3) is 0 Å². The maximum atomic E-state index is 9.31. The van der Waals surface area contributed by atoms with Gasteiger partial charge in [0.15, 0.2) is 0 Å². The maximum absolute atomic E-state index is 9.31. The molecule has 130 valence electrons. The number of rotatable bonds is 0. The standard InChI is InChI=1S/2C6H12N3P.Ag.FH/c2*1-7-2-9-3-8(1)5-10(4-7)6-9;;/h2*1-6H2;;1H/q;;+1;/p-1. The molecule has 8 heterocycles. The zero-order valence-corrected chi connectivity index (χ0v) is 16.0. The first-order valence-corrected chi connectivity index (χ1v) is 12.1. The normalized spacial score (nSPS) is 52.7. The van der Waals surface area contributed by atoms with E-state index in [1.54, 1.807) is 0 Å². The van der Waals surface area contributed by atoms with Crippen LogP contribution in [0.25, 0.3) is 0 Å². The van der Waals surface area contributed by atoms with E-state index >= 15 is 0 Å². The summed E-state index contributed by atoms with van der Waals surface area (Å²) in [7, 11) is 0.732. The Hall–Kier alpha value is 1.29. The Labute approximate surface area is 147 Å². The van der Waals surface area contributed by atoms with Crippen LogP contribution in [0.5, 0.6) is 0 Å². The van der Waals surface area contributed by atoms with Gasteiger partial charge >= 0.3 is 24.6 Å². The minimum absolute atomic E-state index is 0.366. The molecule has 0 aromatic heterocycles. The molecule has 8 saturated heterocycles. The molecule has 0 aromatic carbocycles. The Kier molecular flexibility index (Phi) is 5.53. The van der Waals surface area contributed by atoms with Gasteiger partial charge in [0.2, 0.25) is 0 Å². The molecular weight excluding hydrogens is 417 g/mol. The molecule has 8 fully saturated rings. The van der Waals surface area contributed by atoms with Gasteiger partial charge in [0, 0.05) is 37.7 Å². The molecule has 0 amide bonds. The molecule has 0 unspecified atom stereocenters. The first kappa shape index (κ1) is 16.7. The summed E-state index contributed by atoms with van der Waals surface area (Å²) in [5.41, 5.74) is 0. The summed E-state index contributed by atoms with van der Waals surface area (Å²) in [4.78, 5) is 15.4. The van der Waals surface area contributed by atoms with E-state index < -0.39 is 0 Å².